The quantitative estimate of drug-likeness (QED) is 0.265. The van der Waals surface area contributed by atoms with Crippen LogP contribution in [0.5, 0.6) is 5.75 Å². The Morgan fingerprint density at radius 2 is 1.81 bits per heavy atom. The third-order valence-corrected chi connectivity index (χ3v) is 2.85. The van der Waals surface area contributed by atoms with Gasteiger partial charge in [-0.2, -0.15) is 0 Å². The number of nitrogens with zero attached hydrogens (tertiary/aromatic N) is 3. The predicted molar refractivity (Wildman–Crippen MR) is 81.6 cm³/mol. The monoisotopic (exact) mass is 279 g/mol. The highest BCUT2D eigenvalue weighted by atomic mass is 16.5. The first kappa shape index (κ1) is 14.4. The Hall–Kier alpha value is -3.04. The number of methoxy groups -OCH3 is 1. The fourth-order valence-corrected chi connectivity index (χ4v) is 1.73. The van der Waals surface area contributed by atoms with Gasteiger partial charge in [-0.3, -0.25) is 4.79 Å². The van der Waals surface area contributed by atoms with Crippen LogP contribution in [0.2, 0.25) is 0 Å². The van der Waals surface area contributed by atoms with Crippen molar-refractivity contribution in [3.63, 3.8) is 0 Å². The molecule has 2 rings (SSSR count). The lowest BCUT2D eigenvalue weighted by Gasteiger charge is -1.99. The summed E-state index contributed by atoms with van der Waals surface area (Å²) in [5.74, 6) is 0.658. The molecule has 21 heavy (non-hydrogen) atoms. The smallest absolute Gasteiger partial charge is 0.185 e. The molecule has 2 aromatic carbocycles. The van der Waals surface area contributed by atoms with E-state index >= 15 is 0 Å². The number of hydrogen-bond acceptors (Lipinski definition) is 3. The first-order valence-electron chi connectivity index (χ1n) is 6.24. The largest absolute Gasteiger partial charge is 0.497 e. The summed E-state index contributed by atoms with van der Waals surface area (Å²) in [6.07, 6.45) is 3.24. The molecular weight excluding hydrogens is 266 g/mol. The molecule has 0 aliphatic heterocycles. The lowest BCUT2D eigenvalue weighted by atomic mass is 10.1. The van der Waals surface area contributed by atoms with Gasteiger partial charge in [0, 0.05) is 16.2 Å². The Bertz CT molecular complexity index is 697. The Labute approximate surface area is 122 Å². The average Bonchev–Trinajstić information content (AvgIpc) is 2.54. The van der Waals surface area contributed by atoms with Gasteiger partial charge >= 0.3 is 0 Å². The molecule has 104 valence electrons. The number of hydrogen-bond donors (Lipinski definition) is 0. The fraction of sp³-hybridized carbons (Fsp3) is 0.0625. The van der Waals surface area contributed by atoms with Crippen LogP contribution in [0.4, 0.5) is 5.69 Å². The third-order valence-electron chi connectivity index (χ3n) is 2.85. The van der Waals surface area contributed by atoms with E-state index in [-0.39, 0.29) is 5.78 Å². The van der Waals surface area contributed by atoms with Crippen molar-refractivity contribution < 1.29 is 9.53 Å². The summed E-state index contributed by atoms with van der Waals surface area (Å²) in [5.41, 5.74) is 10.2. The second-order valence-corrected chi connectivity index (χ2v) is 4.21. The van der Waals surface area contributed by atoms with Crippen molar-refractivity contribution in [2.75, 3.05) is 7.11 Å². The Morgan fingerprint density at radius 1 is 1.14 bits per heavy atom. The number of carbonyl (C=O) groups is 1. The van der Waals surface area contributed by atoms with Crippen LogP contribution in [-0.4, -0.2) is 12.9 Å². The maximum atomic E-state index is 12.0. The zero-order valence-electron chi connectivity index (χ0n) is 11.4. The molecule has 0 fully saturated rings. The maximum Gasteiger partial charge on any atom is 0.185 e. The number of benzene rings is 2. The topological polar surface area (TPSA) is 75.1 Å². The van der Waals surface area contributed by atoms with Gasteiger partial charge in [0.05, 0.1) is 7.11 Å². The molecule has 0 radical (unpaired) electrons. The summed E-state index contributed by atoms with van der Waals surface area (Å²) < 4.78 is 5.07. The lowest BCUT2D eigenvalue weighted by Crippen LogP contribution is -1.92. The molecule has 0 spiro atoms. The molecule has 0 aliphatic carbocycles. The van der Waals surface area contributed by atoms with E-state index < -0.39 is 0 Å². The summed E-state index contributed by atoms with van der Waals surface area (Å²) in [7, 11) is 1.61. The van der Waals surface area contributed by atoms with E-state index in [1.807, 2.05) is 24.3 Å². The molecule has 2 aromatic rings. The van der Waals surface area contributed by atoms with Crippen LogP contribution >= 0.6 is 0 Å². The van der Waals surface area contributed by atoms with Gasteiger partial charge in [-0.15, -0.1) is 0 Å². The molecule has 0 heterocycles. The van der Waals surface area contributed by atoms with E-state index in [2.05, 4.69) is 10.0 Å². The average molecular weight is 279 g/mol. The molecule has 0 bridgehead atoms. The van der Waals surface area contributed by atoms with Crippen molar-refractivity contribution in [3.8, 4) is 5.75 Å². The van der Waals surface area contributed by atoms with E-state index in [9.17, 15) is 4.79 Å². The van der Waals surface area contributed by atoms with Crippen molar-refractivity contribution in [2.24, 2.45) is 5.11 Å². The summed E-state index contributed by atoms with van der Waals surface area (Å²) in [6, 6.07) is 13.9. The molecule has 0 atom stereocenters. The van der Waals surface area contributed by atoms with Crippen LogP contribution in [0.25, 0.3) is 16.5 Å². The highest BCUT2D eigenvalue weighted by Gasteiger charge is 2.01. The van der Waals surface area contributed by atoms with Gasteiger partial charge in [-0.05, 0) is 29.3 Å². The van der Waals surface area contributed by atoms with E-state index in [4.69, 9.17) is 10.3 Å². The summed E-state index contributed by atoms with van der Waals surface area (Å²) in [4.78, 5) is 14.7. The molecule has 0 unspecified atom stereocenters. The highest BCUT2D eigenvalue weighted by molar-refractivity contribution is 6.06. The maximum absolute atomic E-state index is 12.0. The first-order valence-corrected chi connectivity index (χ1v) is 6.24. The predicted octanol–water partition coefficient (Wildman–Crippen LogP) is 4.53. The number of ketones is 1. The minimum absolute atomic E-state index is 0.113. The van der Waals surface area contributed by atoms with Gasteiger partial charge in [-0.25, -0.2) is 0 Å². The van der Waals surface area contributed by atoms with Gasteiger partial charge in [0.25, 0.3) is 0 Å². The molecule has 0 saturated carbocycles. The molecular formula is C16H13N3O2. The van der Waals surface area contributed by atoms with Crippen LogP contribution in [0.15, 0.2) is 59.7 Å². The standard InChI is InChI=1S/C16H13N3O2/c1-21-15-9-2-12(3-10-15)4-11-16(20)13-5-7-14(8-6-13)18-19-17/h2-11H,1H3. The molecule has 0 saturated heterocycles. The Morgan fingerprint density at radius 3 is 2.38 bits per heavy atom. The lowest BCUT2D eigenvalue weighted by molar-refractivity contribution is 0.104. The number of rotatable bonds is 5. The van der Waals surface area contributed by atoms with Crippen molar-refractivity contribution in [3.05, 3.63) is 76.2 Å². The second-order valence-electron chi connectivity index (χ2n) is 4.21. The summed E-state index contributed by atoms with van der Waals surface area (Å²) >= 11 is 0. The van der Waals surface area contributed by atoms with E-state index in [1.54, 1.807) is 37.5 Å². The van der Waals surface area contributed by atoms with Gasteiger partial charge in [0.2, 0.25) is 0 Å². The Kier molecular flexibility index (Phi) is 4.75. The van der Waals surface area contributed by atoms with E-state index in [1.165, 1.54) is 6.08 Å². The molecule has 0 amide bonds. The van der Waals surface area contributed by atoms with Gasteiger partial charge < -0.3 is 4.74 Å². The molecule has 0 aromatic heterocycles. The van der Waals surface area contributed by atoms with Gasteiger partial charge in [-0.1, -0.05) is 47.6 Å². The van der Waals surface area contributed by atoms with Crippen molar-refractivity contribution in [1.82, 2.24) is 0 Å². The normalized spacial score (nSPS) is 10.1. The summed E-state index contributed by atoms with van der Waals surface area (Å²) in [6.45, 7) is 0. The first-order chi connectivity index (χ1) is 10.2. The van der Waals surface area contributed by atoms with Crippen molar-refractivity contribution >= 4 is 17.5 Å². The number of carbonyl (C=O) groups excluding carboxylic acids is 1. The summed E-state index contributed by atoms with van der Waals surface area (Å²) in [5, 5.41) is 3.46. The molecule has 5 nitrogen and oxygen atoms in total. The fourth-order valence-electron chi connectivity index (χ4n) is 1.73. The molecule has 0 aliphatic rings. The third kappa shape index (κ3) is 3.96. The minimum atomic E-state index is -0.113. The molecule has 5 heteroatoms. The van der Waals surface area contributed by atoms with Crippen LogP contribution in [-0.2, 0) is 0 Å². The van der Waals surface area contributed by atoms with Crippen LogP contribution in [0.1, 0.15) is 15.9 Å². The van der Waals surface area contributed by atoms with Crippen molar-refractivity contribution in [2.45, 2.75) is 0 Å². The number of azide groups is 1. The second kappa shape index (κ2) is 6.93. The van der Waals surface area contributed by atoms with Crippen molar-refractivity contribution in [1.29, 1.82) is 0 Å². The van der Waals surface area contributed by atoms with Crippen LogP contribution in [0, 0.1) is 0 Å². The van der Waals surface area contributed by atoms with E-state index in [0.29, 0.717) is 11.3 Å². The minimum Gasteiger partial charge on any atom is -0.497 e. The molecule has 0 N–H and O–H groups in total. The van der Waals surface area contributed by atoms with Crippen LogP contribution in [0.3, 0.4) is 0 Å². The Balaban J connectivity index is 2.08. The SMILES string of the molecule is COc1ccc(C=CC(=O)c2ccc(N=[N+]=[N-])cc2)cc1. The van der Waals surface area contributed by atoms with Gasteiger partial charge in [0.1, 0.15) is 5.75 Å². The highest BCUT2D eigenvalue weighted by Crippen LogP contribution is 2.15. The zero-order valence-corrected chi connectivity index (χ0v) is 11.4. The van der Waals surface area contributed by atoms with Crippen LogP contribution < -0.4 is 4.74 Å². The zero-order chi connectivity index (χ0) is 15.1. The number of ether oxygens (including phenoxy) is 1. The van der Waals surface area contributed by atoms with E-state index in [0.717, 1.165) is 11.3 Å². The van der Waals surface area contributed by atoms with Gasteiger partial charge in [0.15, 0.2) is 5.78 Å². The number of allylic oxidation sites excluding steroid dienone is 1.